The highest BCUT2D eigenvalue weighted by Gasteiger charge is 2.20. The fourth-order valence-electron chi connectivity index (χ4n) is 2.17. The van der Waals surface area contributed by atoms with E-state index in [1.165, 1.54) is 0 Å². The van der Waals surface area contributed by atoms with Crippen molar-refractivity contribution in [3.63, 3.8) is 0 Å². The first kappa shape index (κ1) is 13.3. The molecule has 1 aliphatic rings. The molecule has 18 heavy (non-hydrogen) atoms. The van der Waals surface area contributed by atoms with E-state index in [0.717, 1.165) is 37.0 Å². The molecule has 1 aliphatic heterocycles. The quantitative estimate of drug-likeness (QED) is 0.826. The largest absolute Gasteiger partial charge is 0.346 e. The number of benzene rings is 1. The summed E-state index contributed by atoms with van der Waals surface area (Å²) in [6.45, 7) is 8.70. The maximum atomic E-state index is 5.46. The number of piperazine rings is 1. The molecule has 1 aromatic rings. The number of rotatable bonds is 2. The Hall–Kier alpha value is -1.13. The van der Waals surface area contributed by atoms with E-state index in [1.54, 1.807) is 0 Å². The Bertz CT molecular complexity index is 383. The molecule has 2 rings (SSSR count). The van der Waals surface area contributed by atoms with Gasteiger partial charge < -0.3 is 10.2 Å². The normalized spacial score (nSPS) is 16.9. The van der Waals surface area contributed by atoms with Crippen LogP contribution in [-0.4, -0.2) is 47.1 Å². The van der Waals surface area contributed by atoms with Gasteiger partial charge in [-0.05, 0) is 38.2 Å². The Balaban J connectivity index is 1.85. The van der Waals surface area contributed by atoms with Crippen molar-refractivity contribution >= 4 is 23.0 Å². The Morgan fingerprint density at radius 3 is 2.28 bits per heavy atom. The number of hydrogen-bond donors (Lipinski definition) is 1. The summed E-state index contributed by atoms with van der Waals surface area (Å²) in [5, 5.41) is 4.13. The topological polar surface area (TPSA) is 18.5 Å². The summed E-state index contributed by atoms with van der Waals surface area (Å²) in [6.07, 6.45) is 0. The molecule has 0 radical (unpaired) electrons. The first-order valence-corrected chi connectivity index (χ1v) is 6.92. The van der Waals surface area contributed by atoms with Crippen molar-refractivity contribution in [1.82, 2.24) is 9.80 Å². The number of nitrogens with zero attached hydrogens (tertiary/aromatic N) is 2. The highest BCUT2D eigenvalue weighted by molar-refractivity contribution is 7.80. The first-order chi connectivity index (χ1) is 8.66. The number of hydrogen-bond acceptors (Lipinski definition) is 2. The molecule has 1 fully saturated rings. The lowest BCUT2D eigenvalue weighted by molar-refractivity contribution is 0.150. The van der Waals surface area contributed by atoms with Gasteiger partial charge in [0.25, 0.3) is 0 Å². The molecule has 0 atom stereocenters. The lowest BCUT2D eigenvalue weighted by atomic mass is 10.2. The standard InChI is InChI=1S/C14H21N3S/c1-12(2)16-8-10-17(11-9-16)14(18)15-13-6-4-3-5-7-13/h3-7,12H,8-11H2,1-2H3,(H,15,18). The van der Waals surface area contributed by atoms with Crippen LogP contribution in [0.3, 0.4) is 0 Å². The Morgan fingerprint density at radius 1 is 1.11 bits per heavy atom. The van der Waals surface area contributed by atoms with Gasteiger partial charge in [0.15, 0.2) is 5.11 Å². The highest BCUT2D eigenvalue weighted by atomic mass is 32.1. The van der Waals surface area contributed by atoms with Gasteiger partial charge in [-0.2, -0.15) is 0 Å². The minimum Gasteiger partial charge on any atom is -0.346 e. The highest BCUT2D eigenvalue weighted by Crippen LogP contribution is 2.10. The zero-order valence-electron chi connectivity index (χ0n) is 11.1. The van der Waals surface area contributed by atoms with E-state index >= 15 is 0 Å². The first-order valence-electron chi connectivity index (χ1n) is 6.52. The van der Waals surface area contributed by atoms with Gasteiger partial charge in [0, 0.05) is 37.9 Å². The van der Waals surface area contributed by atoms with Gasteiger partial charge in [-0.1, -0.05) is 18.2 Å². The molecule has 0 spiro atoms. The Morgan fingerprint density at radius 2 is 1.72 bits per heavy atom. The Labute approximate surface area is 115 Å². The predicted octanol–water partition coefficient (Wildman–Crippen LogP) is 2.41. The van der Waals surface area contributed by atoms with Crippen LogP contribution < -0.4 is 5.32 Å². The van der Waals surface area contributed by atoms with Crippen molar-refractivity contribution in [2.45, 2.75) is 19.9 Å². The van der Waals surface area contributed by atoms with E-state index in [0.29, 0.717) is 6.04 Å². The summed E-state index contributed by atoms with van der Waals surface area (Å²) in [5.74, 6) is 0. The number of thiocarbonyl (C=S) groups is 1. The Kier molecular flexibility index (Phi) is 4.55. The molecule has 0 amide bonds. The van der Waals surface area contributed by atoms with Gasteiger partial charge >= 0.3 is 0 Å². The summed E-state index contributed by atoms with van der Waals surface area (Å²) in [6, 6.07) is 10.7. The van der Waals surface area contributed by atoms with E-state index in [4.69, 9.17) is 12.2 Å². The number of nitrogens with one attached hydrogen (secondary N) is 1. The molecule has 98 valence electrons. The number of para-hydroxylation sites is 1. The zero-order chi connectivity index (χ0) is 13.0. The molecule has 1 saturated heterocycles. The van der Waals surface area contributed by atoms with Crippen LogP contribution in [0, 0.1) is 0 Å². The van der Waals surface area contributed by atoms with Gasteiger partial charge in [0.05, 0.1) is 0 Å². The van der Waals surface area contributed by atoms with Crippen LogP contribution in [0.5, 0.6) is 0 Å². The smallest absolute Gasteiger partial charge is 0.173 e. The van der Waals surface area contributed by atoms with E-state index < -0.39 is 0 Å². The molecule has 0 saturated carbocycles. The second-order valence-electron chi connectivity index (χ2n) is 4.91. The lowest BCUT2D eigenvalue weighted by Gasteiger charge is -2.38. The monoisotopic (exact) mass is 263 g/mol. The van der Waals surface area contributed by atoms with E-state index in [1.807, 2.05) is 30.3 Å². The maximum absolute atomic E-state index is 5.46. The van der Waals surface area contributed by atoms with Crippen molar-refractivity contribution in [3.05, 3.63) is 30.3 Å². The minimum absolute atomic E-state index is 0.628. The molecule has 1 heterocycles. The molecule has 0 bridgehead atoms. The van der Waals surface area contributed by atoms with Gasteiger partial charge in [-0.25, -0.2) is 0 Å². The molecule has 1 aromatic carbocycles. The zero-order valence-corrected chi connectivity index (χ0v) is 11.9. The van der Waals surface area contributed by atoms with Crippen LogP contribution in [0.4, 0.5) is 5.69 Å². The summed E-state index contributed by atoms with van der Waals surface area (Å²) in [4.78, 5) is 4.74. The van der Waals surface area contributed by atoms with Gasteiger partial charge in [0.1, 0.15) is 0 Å². The molecular formula is C14H21N3S. The SMILES string of the molecule is CC(C)N1CCN(C(=S)Nc2ccccc2)CC1. The van der Waals surface area contributed by atoms with Crippen molar-refractivity contribution in [2.75, 3.05) is 31.5 Å². The van der Waals surface area contributed by atoms with Crippen LogP contribution in [0.2, 0.25) is 0 Å². The molecule has 0 unspecified atom stereocenters. The summed E-state index contributed by atoms with van der Waals surface area (Å²) in [7, 11) is 0. The van der Waals surface area contributed by atoms with Gasteiger partial charge in [0.2, 0.25) is 0 Å². The van der Waals surface area contributed by atoms with Gasteiger partial charge in [-0.3, -0.25) is 4.90 Å². The van der Waals surface area contributed by atoms with Crippen LogP contribution >= 0.6 is 12.2 Å². The fraction of sp³-hybridized carbons (Fsp3) is 0.500. The summed E-state index contributed by atoms with van der Waals surface area (Å²) < 4.78 is 0. The number of anilines is 1. The molecule has 4 heteroatoms. The van der Waals surface area contributed by atoms with Gasteiger partial charge in [-0.15, -0.1) is 0 Å². The van der Waals surface area contributed by atoms with E-state index in [9.17, 15) is 0 Å². The van der Waals surface area contributed by atoms with Crippen molar-refractivity contribution in [3.8, 4) is 0 Å². The second kappa shape index (κ2) is 6.16. The van der Waals surface area contributed by atoms with E-state index in [-0.39, 0.29) is 0 Å². The lowest BCUT2D eigenvalue weighted by Crippen LogP contribution is -2.51. The molecular weight excluding hydrogens is 242 g/mol. The average molecular weight is 263 g/mol. The van der Waals surface area contributed by atoms with Crippen LogP contribution in [0.25, 0.3) is 0 Å². The molecule has 0 aromatic heterocycles. The summed E-state index contributed by atoms with van der Waals surface area (Å²) >= 11 is 5.46. The van der Waals surface area contributed by atoms with Crippen LogP contribution in [0.1, 0.15) is 13.8 Å². The van der Waals surface area contributed by atoms with E-state index in [2.05, 4.69) is 29.0 Å². The fourth-order valence-corrected chi connectivity index (χ4v) is 2.47. The third-order valence-corrected chi connectivity index (χ3v) is 3.72. The second-order valence-corrected chi connectivity index (χ2v) is 5.30. The maximum Gasteiger partial charge on any atom is 0.173 e. The molecule has 0 aliphatic carbocycles. The predicted molar refractivity (Wildman–Crippen MR) is 80.9 cm³/mol. The summed E-state index contributed by atoms with van der Waals surface area (Å²) in [5.41, 5.74) is 1.06. The average Bonchev–Trinajstić information content (AvgIpc) is 2.40. The van der Waals surface area contributed by atoms with Crippen molar-refractivity contribution in [2.24, 2.45) is 0 Å². The molecule has 3 nitrogen and oxygen atoms in total. The van der Waals surface area contributed by atoms with Crippen molar-refractivity contribution in [1.29, 1.82) is 0 Å². The third kappa shape index (κ3) is 3.43. The third-order valence-electron chi connectivity index (χ3n) is 3.36. The minimum atomic E-state index is 0.628. The van der Waals surface area contributed by atoms with Crippen LogP contribution in [-0.2, 0) is 0 Å². The molecule has 1 N–H and O–H groups in total. The van der Waals surface area contributed by atoms with Crippen LogP contribution in [0.15, 0.2) is 30.3 Å². The van der Waals surface area contributed by atoms with Crippen molar-refractivity contribution < 1.29 is 0 Å².